The molecule has 2 aromatic rings. The fourth-order valence-corrected chi connectivity index (χ4v) is 3.43. The van der Waals surface area contributed by atoms with Gasteiger partial charge in [-0.15, -0.1) is 11.3 Å². The molecule has 102 valence electrons. The lowest BCUT2D eigenvalue weighted by atomic mass is 10.0. The smallest absolute Gasteiger partial charge is 0.0596 e. The van der Waals surface area contributed by atoms with Gasteiger partial charge in [-0.1, -0.05) is 34.5 Å². The highest BCUT2D eigenvalue weighted by molar-refractivity contribution is 9.10. The summed E-state index contributed by atoms with van der Waals surface area (Å²) in [6.45, 7) is 5.30. The molecule has 0 bridgehead atoms. The van der Waals surface area contributed by atoms with Crippen LogP contribution in [0, 0.1) is 6.92 Å². The number of hydrogen-bond acceptors (Lipinski definition) is 2. The molecular formula is C15H17BrClNS. The van der Waals surface area contributed by atoms with Crippen LogP contribution in [-0.4, -0.2) is 6.54 Å². The van der Waals surface area contributed by atoms with Gasteiger partial charge >= 0.3 is 0 Å². The third-order valence-corrected chi connectivity index (χ3v) is 4.79. The van der Waals surface area contributed by atoms with Crippen LogP contribution < -0.4 is 5.32 Å². The van der Waals surface area contributed by atoms with Crippen LogP contribution >= 0.6 is 38.9 Å². The summed E-state index contributed by atoms with van der Waals surface area (Å²) in [6, 6.07) is 8.39. The lowest BCUT2D eigenvalue weighted by Gasteiger charge is -2.20. The zero-order valence-electron chi connectivity index (χ0n) is 11.0. The Bertz CT molecular complexity index is 553. The number of rotatable bonds is 5. The van der Waals surface area contributed by atoms with E-state index in [1.807, 2.05) is 18.2 Å². The molecule has 1 atom stereocenters. The molecule has 0 amide bonds. The molecule has 0 saturated heterocycles. The van der Waals surface area contributed by atoms with Crippen molar-refractivity contribution in [3.8, 4) is 0 Å². The Morgan fingerprint density at radius 3 is 2.79 bits per heavy atom. The zero-order valence-corrected chi connectivity index (χ0v) is 14.2. The second-order valence-electron chi connectivity index (χ2n) is 4.54. The molecule has 1 N–H and O–H groups in total. The molecule has 1 nitrogen and oxygen atoms in total. The minimum atomic E-state index is 0.193. The van der Waals surface area contributed by atoms with Gasteiger partial charge in [0.15, 0.2) is 0 Å². The summed E-state index contributed by atoms with van der Waals surface area (Å²) in [5, 5.41) is 6.59. The van der Waals surface area contributed by atoms with Crippen molar-refractivity contribution in [2.45, 2.75) is 26.3 Å². The third kappa shape index (κ3) is 3.82. The second kappa shape index (κ2) is 6.89. The van der Waals surface area contributed by atoms with E-state index in [1.165, 1.54) is 16.0 Å². The third-order valence-electron chi connectivity index (χ3n) is 2.95. The van der Waals surface area contributed by atoms with Crippen LogP contribution in [0.4, 0.5) is 0 Å². The Kier molecular flexibility index (Phi) is 5.46. The van der Waals surface area contributed by atoms with Crippen molar-refractivity contribution < 1.29 is 0 Å². The molecule has 0 saturated carbocycles. The van der Waals surface area contributed by atoms with Gasteiger partial charge in [-0.25, -0.2) is 0 Å². The molecule has 0 radical (unpaired) electrons. The standard InChI is InChI=1S/C15H17BrClNS/c1-3-6-18-15(11-7-10(2)19-9-11)13-8-12(17)4-5-14(13)16/h4-5,7-9,15,18H,3,6H2,1-2H3. The van der Waals surface area contributed by atoms with Gasteiger partial charge in [-0.05, 0) is 60.7 Å². The summed E-state index contributed by atoms with van der Waals surface area (Å²) < 4.78 is 1.09. The van der Waals surface area contributed by atoms with Crippen LogP contribution in [0.3, 0.4) is 0 Å². The Morgan fingerprint density at radius 2 is 2.16 bits per heavy atom. The van der Waals surface area contributed by atoms with E-state index in [1.54, 1.807) is 11.3 Å². The molecule has 0 aliphatic rings. The van der Waals surface area contributed by atoms with Gasteiger partial charge in [-0.2, -0.15) is 0 Å². The van der Waals surface area contributed by atoms with Gasteiger partial charge in [0, 0.05) is 14.4 Å². The minimum absolute atomic E-state index is 0.193. The second-order valence-corrected chi connectivity index (χ2v) is 6.95. The number of aryl methyl sites for hydroxylation is 1. The van der Waals surface area contributed by atoms with E-state index in [0.29, 0.717) is 0 Å². The molecule has 1 unspecified atom stereocenters. The normalized spacial score (nSPS) is 12.6. The van der Waals surface area contributed by atoms with Crippen LogP contribution in [0.2, 0.25) is 5.02 Å². The molecule has 0 spiro atoms. The van der Waals surface area contributed by atoms with E-state index in [9.17, 15) is 0 Å². The minimum Gasteiger partial charge on any atom is -0.306 e. The Morgan fingerprint density at radius 1 is 1.37 bits per heavy atom. The van der Waals surface area contributed by atoms with E-state index in [-0.39, 0.29) is 6.04 Å². The summed E-state index contributed by atoms with van der Waals surface area (Å²) in [4.78, 5) is 1.33. The number of thiophene rings is 1. The van der Waals surface area contributed by atoms with Crippen LogP contribution in [0.15, 0.2) is 34.1 Å². The Hall–Kier alpha value is -0.350. The van der Waals surface area contributed by atoms with Gasteiger partial charge in [-0.3, -0.25) is 0 Å². The predicted octanol–water partition coefficient (Wildman–Crippen LogP) is 5.56. The number of halogens is 2. The van der Waals surface area contributed by atoms with Crippen molar-refractivity contribution >= 4 is 38.9 Å². The quantitative estimate of drug-likeness (QED) is 0.737. The van der Waals surface area contributed by atoms with E-state index >= 15 is 0 Å². The first-order valence-electron chi connectivity index (χ1n) is 6.35. The van der Waals surface area contributed by atoms with Crippen molar-refractivity contribution in [2.75, 3.05) is 6.54 Å². The molecule has 0 aliphatic heterocycles. The number of benzene rings is 1. The van der Waals surface area contributed by atoms with Crippen LogP contribution in [0.1, 0.15) is 35.4 Å². The highest BCUT2D eigenvalue weighted by Crippen LogP contribution is 2.32. The molecule has 1 aromatic carbocycles. The summed E-state index contributed by atoms with van der Waals surface area (Å²) in [7, 11) is 0. The maximum absolute atomic E-state index is 6.14. The topological polar surface area (TPSA) is 12.0 Å². The SMILES string of the molecule is CCCNC(c1csc(C)c1)c1cc(Cl)ccc1Br. The van der Waals surface area contributed by atoms with Gasteiger partial charge in [0.1, 0.15) is 0 Å². The monoisotopic (exact) mass is 357 g/mol. The Labute approximate surface area is 132 Å². The average Bonchev–Trinajstić information content (AvgIpc) is 2.80. The number of hydrogen-bond donors (Lipinski definition) is 1. The summed E-state index contributed by atoms with van der Waals surface area (Å²) >= 11 is 11.6. The molecule has 0 aliphatic carbocycles. The van der Waals surface area contributed by atoms with E-state index < -0.39 is 0 Å². The first-order valence-corrected chi connectivity index (χ1v) is 8.40. The zero-order chi connectivity index (χ0) is 13.8. The summed E-state index contributed by atoms with van der Waals surface area (Å²) in [5.74, 6) is 0. The Balaban J connectivity index is 2.39. The van der Waals surface area contributed by atoms with Gasteiger partial charge in [0.2, 0.25) is 0 Å². The van der Waals surface area contributed by atoms with Crippen molar-refractivity contribution in [3.05, 3.63) is 55.1 Å². The van der Waals surface area contributed by atoms with Gasteiger partial charge < -0.3 is 5.32 Å². The molecular weight excluding hydrogens is 342 g/mol. The fraction of sp³-hybridized carbons (Fsp3) is 0.333. The molecule has 0 fully saturated rings. The van der Waals surface area contributed by atoms with Crippen LogP contribution in [0.5, 0.6) is 0 Å². The fourth-order valence-electron chi connectivity index (χ4n) is 2.05. The van der Waals surface area contributed by atoms with Gasteiger partial charge in [0.05, 0.1) is 6.04 Å². The lowest BCUT2D eigenvalue weighted by molar-refractivity contribution is 0.598. The molecule has 1 heterocycles. The summed E-state index contributed by atoms with van der Waals surface area (Å²) in [6.07, 6.45) is 1.11. The maximum Gasteiger partial charge on any atom is 0.0596 e. The van der Waals surface area contributed by atoms with Crippen molar-refractivity contribution in [1.29, 1.82) is 0 Å². The van der Waals surface area contributed by atoms with Crippen molar-refractivity contribution in [3.63, 3.8) is 0 Å². The highest BCUT2D eigenvalue weighted by atomic mass is 79.9. The maximum atomic E-state index is 6.14. The summed E-state index contributed by atoms with van der Waals surface area (Å²) in [5.41, 5.74) is 2.50. The lowest BCUT2D eigenvalue weighted by Crippen LogP contribution is -2.23. The highest BCUT2D eigenvalue weighted by Gasteiger charge is 2.17. The molecule has 2 rings (SSSR count). The van der Waals surface area contributed by atoms with Crippen molar-refractivity contribution in [2.24, 2.45) is 0 Å². The van der Waals surface area contributed by atoms with E-state index in [2.05, 4.69) is 46.5 Å². The largest absolute Gasteiger partial charge is 0.306 e. The average molecular weight is 359 g/mol. The first-order chi connectivity index (χ1) is 9.11. The molecule has 1 aromatic heterocycles. The van der Waals surface area contributed by atoms with Crippen LogP contribution in [0.25, 0.3) is 0 Å². The predicted molar refractivity (Wildman–Crippen MR) is 88.3 cm³/mol. The number of nitrogens with one attached hydrogen (secondary N) is 1. The van der Waals surface area contributed by atoms with Crippen LogP contribution in [-0.2, 0) is 0 Å². The molecule has 19 heavy (non-hydrogen) atoms. The first kappa shape index (κ1) is 15.0. The van der Waals surface area contributed by atoms with Crippen molar-refractivity contribution in [1.82, 2.24) is 5.32 Å². The molecule has 4 heteroatoms. The van der Waals surface area contributed by atoms with Gasteiger partial charge in [0.25, 0.3) is 0 Å². The van der Waals surface area contributed by atoms with E-state index in [4.69, 9.17) is 11.6 Å². The van der Waals surface area contributed by atoms with E-state index in [0.717, 1.165) is 22.5 Å².